The molecule has 1 fully saturated rings. The summed E-state index contributed by atoms with van der Waals surface area (Å²) in [6, 6.07) is 7.03. The lowest BCUT2D eigenvalue weighted by molar-refractivity contribution is -0.123. The first kappa shape index (κ1) is 20.2. The van der Waals surface area contributed by atoms with Gasteiger partial charge in [-0.3, -0.25) is 9.59 Å². The Morgan fingerprint density at radius 3 is 2.58 bits per heavy atom. The molecule has 2 atom stereocenters. The van der Waals surface area contributed by atoms with Crippen LogP contribution in [0.15, 0.2) is 24.3 Å². The van der Waals surface area contributed by atoms with Gasteiger partial charge in [0.15, 0.2) is 0 Å². The van der Waals surface area contributed by atoms with Crippen LogP contribution in [0.1, 0.15) is 52.4 Å². The van der Waals surface area contributed by atoms with Crippen molar-refractivity contribution in [3.8, 4) is 0 Å². The highest BCUT2D eigenvalue weighted by Gasteiger charge is 2.22. The summed E-state index contributed by atoms with van der Waals surface area (Å²) in [5.41, 5.74) is 7.73. The summed E-state index contributed by atoms with van der Waals surface area (Å²) in [7, 11) is 0. The van der Waals surface area contributed by atoms with Crippen LogP contribution in [0.25, 0.3) is 0 Å². The van der Waals surface area contributed by atoms with E-state index in [9.17, 15) is 9.59 Å². The molecule has 144 valence electrons. The molecule has 0 radical (unpaired) electrons. The molecule has 26 heavy (non-hydrogen) atoms. The maximum Gasteiger partial charge on any atom is 0.237 e. The molecule has 0 bridgehead atoms. The number of hydrogen-bond donors (Lipinski definition) is 4. The maximum absolute atomic E-state index is 12.3. The van der Waals surface area contributed by atoms with Crippen molar-refractivity contribution in [3.63, 3.8) is 0 Å². The molecule has 0 spiro atoms. The van der Waals surface area contributed by atoms with Crippen molar-refractivity contribution in [2.24, 2.45) is 11.7 Å². The van der Waals surface area contributed by atoms with Crippen molar-refractivity contribution in [2.75, 3.05) is 17.2 Å². The van der Waals surface area contributed by atoms with Crippen molar-refractivity contribution in [3.05, 3.63) is 24.3 Å². The van der Waals surface area contributed by atoms with E-state index in [1.54, 1.807) is 0 Å². The Morgan fingerprint density at radius 2 is 1.88 bits per heavy atom. The van der Waals surface area contributed by atoms with Gasteiger partial charge in [0.1, 0.15) is 0 Å². The second-order valence-electron chi connectivity index (χ2n) is 7.40. The lowest BCUT2D eigenvalue weighted by atomic mass is 9.85. The van der Waals surface area contributed by atoms with E-state index in [0.717, 1.165) is 17.8 Å². The number of nitrogens with two attached hydrogens (primary N) is 1. The second-order valence-corrected chi connectivity index (χ2v) is 7.40. The Kier molecular flexibility index (Phi) is 7.91. The van der Waals surface area contributed by atoms with E-state index in [1.807, 2.05) is 31.2 Å². The molecule has 6 nitrogen and oxygen atoms in total. The number of carbonyl (C=O) groups excluding carboxylic acids is 2. The highest BCUT2D eigenvalue weighted by Crippen LogP contribution is 2.27. The number of carbonyl (C=O) groups is 2. The van der Waals surface area contributed by atoms with Crippen molar-refractivity contribution in [1.29, 1.82) is 0 Å². The Balaban J connectivity index is 1.74. The van der Waals surface area contributed by atoms with Crippen LogP contribution in [0.3, 0.4) is 0 Å². The number of anilines is 2. The largest absolute Gasteiger partial charge is 0.383 e. The minimum absolute atomic E-state index is 0.0377. The highest BCUT2D eigenvalue weighted by atomic mass is 16.2. The maximum atomic E-state index is 12.3. The Labute approximate surface area is 156 Å². The Bertz CT molecular complexity index is 599. The fourth-order valence-electron chi connectivity index (χ4n) is 3.47. The number of amides is 2. The molecular weight excluding hydrogens is 328 g/mol. The van der Waals surface area contributed by atoms with E-state index >= 15 is 0 Å². The van der Waals surface area contributed by atoms with Crippen LogP contribution in [-0.2, 0) is 9.59 Å². The average Bonchev–Trinajstić information content (AvgIpc) is 2.60. The highest BCUT2D eigenvalue weighted by molar-refractivity contribution is 5.89. The number of rotatable bonds is 8. The van der Waals surface area contributed by atoms with Crippen LogP contribution in [-0.4, -0.2) is 30.4 Å². The quantitative estimate of drug-likeness (QED) is 0.573. The molecule has 1 aromatic carbocycles. The van der Waals surface area contributed by atoms with Gasteiger partial charge in [0.2, 0.25) is 11.8 Å². The average molecular weight is 361 g/mol. The number of hydrogen-bond acceptors (Lipinski definition) is 4. The van der Waals surface area contributed by atoms with Gasteiger partial charge in [0.05, 0.1) is 6.04 Å². The normalized spacial score (nSPS) is 17.2. The minimum Gasteiger partial charge on any atom is -0.383 e. The smallest absolute Gasteiger partial charge is 0.237 e. The summed E-state index contributed by atoms with van der Waals surface area (Å²) >= 11 is 0. The molecule has 0 saturated heterocycles. The number of nitrogens with one attached hydrogen (secondary N) is 3. The zero-order valence-corrected chi connectivity index (χ0v) is 15.9. The molecule has 6 heteroatoms. The zero-order chi connectivity index (χ0) is 18.9. The Morgan fingerprint density at radius 1 is 1.19 bits per heavy atom. The summed E-state index contributed by atoms with van der Waals surface area (Å²) < 4.78 is 0. The van der Waals surface area contributed by atoms with Crippen molar-refractivity contribution in [2.45, 2.75) is 64.5 Å². The summed E-state index contributed by atoms with van der Waals surface area (Å²) in [5.74, 6) is 0.418. The first-order valence-electron chi connectivity index (χ1n) is 9.61. The zero-order valence-electron chi connectivity index (χ0n) is 15.9. The lowest BCUT2D eigenvalue weighted by Gasteiger charge is -2.25. The van der Waals surface area contributed by atoms with Crippen LogP contribution in [0.4, 0.5) is 11.4 Å². The van der Waals surface area contributed by atoms with Gasteiger partial charge in [-0.05, 0) is 37.5 Å². The minimum atomic E-state index is -0.427. The lowest BCUT2D eigenvalue weighted by Crippen LogP contribution is -2.47. The first-order chi connectivity index (χ1) is 12.4. The molecule has 0 heterocycles. The topological polar surface area (TPSA) is 96.2 Å². The third-order valence-corrected chi connectivity index (χ3v) is 4.83. The number of benzene rings is 1. The van der Waals surface area contributed by atoms with Crippen molar-refractivity contribution >= 4 is 23.2 Å². The van der Waals surface area contributed by atoms with E-state index in [2.05, 4.69) is 16.0 Å². The van der Waals surface area contributed by atoms with Gasteiger partial charge < -0.3 is 21.7 Å². The standard InChI is InChI=1S/C20H32N4O2/c1-14(13-22-17-9-6-10-18(12-17)24-15(2)25)23-20(26)19(21)11-16-7-4-3-5-8-16/h6,9-10,12,14,16,19,22H,3-5,7-8,11,13,21H2,1-2H3,(H,23,26)(H,24,25)/t14-,19-/m0/s1. The van der Waals surface area contributed by atoms with Gasteiger partial charge in [-0.15, -0.1) is 0 Å². The third kappa shape index (κ3) is 7.04. The third-order valence-electron chi connectivity index (χ3n) is 4.83. The van der Waals surface area contributed by atoms with Crippen molar-refractivity contribution in [1.82, 2.24) is 5.32 Å². The monoisotopic (exact) mass is 360 g/mol. The summed E-state index contributed by atoms with van der Waals surface area (Å²) in [6.07, 6.45) is 7.01. The molecule has 1 aliphatic rings. The molecule has 0 aromatic heterocycles. The van der Waals surface area contributed by atoms with E-state index in [0.29, 0.717) is 12.5 Å². The van der Waals surface area contributed by atoms with E-state index < -0.39 is 6.04 Å². The van der Waals surface area contributed by atoms with Gasteiger partial charge in [-0.2, -0.15) is 0 Å². The van der Waals surface area contributed by atoms with Crippen LogP contribution >= 0.6 is 0 Å². The molecule has 1 aliphatic carbocycles. The first-order valence-corrected chi connectivity index (χ1v) is 9.61. The van der Waals surface area contributed by atoms with Crippen molar-refractivity contribution < 1.29 is 9.59 Å². The van der Waals surface area contributed by atoms with Crippen LogP contribution < -0.4 is 21.7 Å². The van der Waals surface area contributed by atoms with Crippen LogP contribution in [0.5, 0.6) is 0 Å². The van der Waals surface area contributed by atoms with Gasteiger partial charge in [0, 0.05) is 30.9 Å². The van der Waals surface area contributed by atoms with E-state index in [4.69, 9.17) is 5.73 Å². The Hall–Kier alpha value is -2.08. The molecule has 2 amide bonds. The van der Waals surface area contributed by atoms with Gasteiger partial charge >= 0.3 is 0 Å². The SMILES string of the molecule is CC(=O)Nc1cccc(NC[C@H](C)NC(=O)[C@@H](N)CC2CCCCC2)c1. The molecule has 1 aromatic rings. The van der Waals surface area contributed by atoms with Crippen LogP contribution in [0, 0.1) is 5.92 Å². The van der Waals surface area contributed by atoms with Gasteiger partial charge in [-0.1, -0.05) is 38.2 Å². The molecule has 2 rings (SSSR count). The molecule has 0 aliphatic heterocycles. The molecule has 1 saturated carbocycles. The summed E-state index contributed by atoms with van der Waals surface area (Å²) in [6.45, 7) is 4.02. The van der Waals surface area contributed by atoms with E-state index in [1.165, 1.54) is 39.0 Å². The second kappa shape index (κ2) is 10.2. The van der Waals surface area contributed by atoms with E-state index in [-0.39, 0.29) is 17.9 Å². The fourth-order valence-corrected chi connectivity index (χ4v) is 3.47. The molecular formula is C20H32N4O2. The predicted molar refractivity (Wildman–Crippen MR) is 106 cm³/mol. The molecule has 5 N–H and O–H groups in total. The summed E-state index contributed by atoms with van der Waals surface area (Å²) in [5, 5.41) is 9.02. The van der Waals surface area contributed by atoms with Gasteiger partial charge in [0.25, 0.3) is 0 Å². The fraction of sp³-hybridized carbons (Fsp3) is 0.600. The van der Waals surface area contributed by atoms with Crippen LogP contribution in [0.2, 0.25) is 0 Å². The summed E-state index contributed by atoms with van der Waals surface area (Å²) in [4.78, 5) is 23.4. The molecule has 0 unspecified atom stereocenters. The van der Waals surface area contributed by atoms with Gasteiger partial charge in [-0.25, -0.2) is 0 Å². The predicted octanol–water partition coefficient (Wildman–Crippen LogP) is 2.86.